The van der Waals surface area contributed by atoms with E-state index in [9.17, 15) is 4.79 Å². The predicted molar refractivity (Wildman–Crippen MR) is 78.6 cm³/mol. The molecule has 100 valence electrons. The first kappa shape index (κ1) is 13.8. The molecule has 0 unspecified atom stereocenters. The monoisotopic (exact) mass is 276 g/mol. The largest absolute Gasteiger partial charge is 0.271 e. The van der Waals surface area contributed by atoms with Crippen LogP contribution in [0.15, 0.2) is 29.1 Å². The van der Waals surface area contributed by atoms with E-state index in [-0.39, 0.29) is 11.4 Å². The Morgan fingerprint density at radius 3 is 2.58 bits per heavy atom. The molecule has 0 aliphatic carbocycles. The Balaban J connectivity index is 2.65. The highest BCUT2D eigenvalue weighted by molar-refractivity contribution is 6.17. The van der Waals surface area contributed by atoms with Gasteiger partial charge in [-0.1, -0.05) is 23.8 Å². The molecule has 0 fully saturated rings. The van der Waals surface area contributed by atoms with Gasteiger partial charge >= 0.3 is 0 Å². The summed E-state index contributed by atoms with van der Waals surface area (Å²) in [6.45, 7) is 6.55. The van der Waals surface area contributed by atoms with Gasteiger partial charge in [0.2, 0.25) is 0 Å². The molecule has 0 saturated carbocycles. The van der Waals surface area contributed by atoms with Crippen molar-refractivity contribution in [3.05, 3.63) is 51.3 Å². The number of nitrogens with zero attached hydrogens (tertiary/aromatic N) is 2. The van der Waals surface area contributed by atoms with E-state index >= 15 is 0 Å². The summed E-state index contributed by atoms with van der Waals surface area (Å²) in [4.78, 5) is 12.0. The summed E-state index contributed by atoms with van der Waals surface area (Å²) in [5.41, 5.74) is 4.69. The molecule has 1 heterocycles. The molecule has 0 saturated heterocycles. The van der Waals surface area contributed by atoms with Gasteiger partial charge in [-0.15, -0.1) is 11.6 Å². The van der Waals surface area contributed by atoms with Gasteiger partial charge in [-0.2, -0.15) is 5.10 Å². The van der Waals surface area contributed by atoms with E-state index < -0.39 is 0 Å². The zero-order chi connectivity index (χ0) is 14.0. The Hall–Kier alpha value is -1.61. The number of benzene rings is 1. The topological polar surface area (TPSA) is 34.9 Å². The third-order valence-corrected chi connectivity index (χ3v) is 3.44. The van der Waals surface area contributed by atoms with Gasteiger partial charge in [0.1, 0.15) is 0 Å². The maximum atomic E-state index is 12.0. The van der Waals surface area contributed by atoms with Gasteiger partial charge in [0.15, 0.2) is 0 Å². The molecule has 0 amide bonds. The summed E-state index contributed by atoms with van der Waals surface area (Å²) < 4.78 is 1.46. The summed E-state index contributed by atoms with van der Waals surface area (Å²) in [5.74, 6) is 0.208. The zero-order valence-electron chi connectivity index (χ0n) is 11.4. The van der Waals surface area contributed by atoms with Crippen LogP contribution in [0.2, 0.25) is 0 Å². The molecule has 0 spiro atoms. The van der Waals surface area contributed by atoms with Crippen molar-refractivity contribution in [2.45, 2.75) is 33.2 Å². The Bertz CT molecular complexity index is 633. The van der Waals surface area contributed by atoms with Gasteiger partial charge in [-0.05, 0) is 32.4 Å². The lowest BCUT2D eigenvalue weighted by Gasteiger charge is -2.10. The molecule has 0 bridgehead atoms. The second-order valence-corrected chi connectivity index (χ2v) is 4.89. The van der Waals surface area contributed by atoms with E-state index in [0.29, 0.717) is 12.1 Å². The lowest BCUT2D eigenvalue weighted by Crippen LogP contribution is -2.25. The van der Waals surface area contributed by atoms with Crippen LogP contribution in [-0.2, 0) is 12.4 Å². The van der Waals surface area contributed by atoms with Gasteiger partial charge < -0.3 is 0 Å². The summed E-state index contributed by atoms with van der Waals surface area (Å²) in [5, 5.41) is 4.41. The fourth-order valence-electron chi connectivity index (χ4n) is 2.14. The number of hydrogen-bond donors (Lipinski definition) is 0. The van der Waals surface area contributed by atoms with Crippen molar-refractivity contribution in [3.63, 3.8) is 0 Å². The Morgan fingerprint density at radius 2 is 2.00 bits per heavy atom. The van der Waals surface area contributed by atoms with Crippen molar-refractivity contribution in [3.8, 4) is 11.3 Å². The molecule has 1 aromatic carbocycles. The van der Waals surface area contributed by atoms with Gasteiger partial charge in [-0.3, -0.25) is 4.79 Å². The third-order valence-electron chi connectivity index (χ3n) is 3.15. The summed E-state index contributed by atoms with van der Waals surface area (Å²) in [6.07, 6.45) is 0. The van der Waals surface area contributed by atoms with Crippen molar-refractivity contribution in [2.75, 3.05) is 0 Å². The van der Waals surface area contributed by atoms with E-state index in [1.54, 1.807) is 6.07 Å². The minimum atomic E-state index is -0.106. The SMILES string of the molecule is CCn1nc(-c2ccc(C)cc2C)cc(CCl)c1=O. The second kappa shape index (κ2) is 5.57. The number of aromatic nitrogens is 2. The van der Waals surface area contributed by atoms with Crippen molar-refractivity contribution in [1.82, 2.24) is 9.78 Å². The summed E-state index contributed by atoms with van der Waals surface area (Å²) >= 11 is 5.84. The number of halogens is 1. The number of hydrogen-bond acceptors (Lipinski definition) is 2. The highest BCUT2D eigenvalue weighted by atomic mass is 35.5. The van der Waals surface area contributed by atoms with E-state index in [0.717, 1.165) is 16.8 Å². The van der Waals surface area contributed by atoms with Crippen LogP contribution in [-0.4, -0.2) is 9.78 Å². The lowest BCUT2D eigenvalue weighted by atomic mass is 10.0. The van der Waals surface area contributed by atoms with Crippen molar-refractivity contribution < 1.29 is 0 Å². The highest BCUT2D eigenvalue weighted by Gasteiger charge is 2.10. The van der Waals surface area contributed by atoms with Gasteiger partial charge in [0.25, 0.3) is 5.56 Å². The highest BCUT2D eigenvalue weighted by Crippen LogP contribution is 2.22. The predicted octanol–water partition coefficient (Wildman–Crippen LogP) is 3.29. The minimum absolute atomic E-state index is 0.106. The average Bonchev–Trinajstić information content (AvgIpc) is 2.39. The molecule has 1 aromatic heterocycles. The smallest absolute Gasteiger partial charge is 0.267 e. The van der Waals surface area contributed by atoms with Crippen LogP contribution in [0.4, 0.5) is 0 Å². The lowest BCUT2D eigenvalue weighted by molar-refractivity contribution is 0.613. The van der Waals surface area contributed by atoms with Crippen LogP contribution in [0.3, 0.4) is 0 Å². The molecule has 19 heavy (non-hydrogen) atoms. The van der Waals surface area contributed by atoms with Crippen LogP contribution >= 0.6 is 11.6 Å². The van der Waals surface area contributed by atoms with Crippen LogP contribution in [0.5, 0.6) is 0 Å². The Kier molecular flexibility index (Phi) is 4.05. The summed E-state index contributed by atoms with van der Waals surface area (Å²) in [6, 6.07) is 7.99. The van der Waals surface area contributed by atoms with Crippen LogP contribution in [0.1, 0.15) is 23.6 Å². The van der Waals surface area contributed by atoms with Crippen molar-refractivity contribution >= 4 is 11.6 Å². The number of rotatable bonds is 3. The molecule has 0 N–H and O–H groups in total. The van der Waals surface area contributed by atoms with Crippen LogP contribution in [0, 0.1) is 13.8 Å². The van der Waals surface area contributed by atoms with Crippen LogP contribution in [0.25, 0.3) is 11.3 Å². The van der Waals surface area contributed by atoms with Gasteiger partial charge in [0, 0.05) is 17.7 Å². The fourth-order valence-corrected chi connectivity index (χ4v) is 2.33. The van der Waals surface area contributed by atoms with Gasteiger partial charge in [0.05, 0.1) is 11.6 Å². The van der Waals surface area contributed by atoms with E-state index in [1.807, 2.05) is 26.0 Å². The molecule has 0 atom stereocenters. The van der Waals surface area contributed by atoms with Crippen LogP contribution < -0.4 is 5.56 Å². The quantitative estimate of drug-likeness (QED) is 0.807. The molecule has 2 rings (SSSR count). The Labute approximate surface area is 117 Å². The average molecular weight is 277 g/mol. The molecular formula is C15H17ClN2O. The molecule has 0 aliphatic heterocycles. The molecule has 4 heteroatoms. The Morgan fingerprint density at radius 1 is 1.26 bits per heavy atom. The first-order chi connectivity index (χ1) is 9.06. The number of alkyl halides is 1. The number of aryl methyl sites for hydroxylation is 3. The molecule has 2 aromatic rings. The van der Waals surface area contributed by atoms with E-state index in [4.69, 9.17) is 11.6 Å². The molecular weight excluding hydrogens is 260 g/mol. The molecule has 0 radical (unpaired) electrons. The normalized spacial score (nSPS) is 10.7. The standard InChI is InChI=1S/C15H17ClN2O/c1-4-18-15(19)12(9-16)8-14(17-18)13-6-5-10(2)7-11(13)3/h5-8H,4,9H2,1-3H3. The van der Waals surface area contributed by atoms with E-state index in [1.165, 1.54) is 10.2 Å². The maximum Gasteiger partial charge on any atom is 0.271 e. The minimum Gasteiger partial charge on any atom is -0.267 e. The van der Waals surface area contributed by atoms with Crippen molar-refractivity contribution in [1.29, 1.82) is 0 Å². The summed E-state index contributed by atoms with van der Waals surface area (Å²) in [7, 11) is 0. The molecule has 3 nitrogen and oxygen atoms in total. The van der Waals surface area contributed by atoms with E-state index in [2.05, 4.69) is 18.1 Å². The molecule has 0 aliphatic rings. The second-order valence-electron chi connectivity index (χ2n) is 4.63. The maximum absolute atomic E-state index is 12.0. The first-order valence-electron chi connectivity index (χ1n) is 6.31. The van der Waals surface area contributed by atoms with Crippen molar-refractivity contribution in [2.24, 2.45) is 0 Å². The fraction of sp³-hybridized carbons (Fsp3) is 0.333. The third kappa shape index (κ3) is 2.71. The zero-order valence-corrected chi connectivity index (χ0v) is 12.2. The van der Waals surface area contributed by atoms with Gasteiger partial charge in [-0.25, -0.2) is 4.68 Å². The first-order valence-corrected chi connectivity index (χ1v) is 6.85.